The Bertz CT molecular complexity index is 132. The zero-order chi connectivity index (χ0) is 7.49. The van der Waals surface area contributed by atoms with Crippen molar-refractivity contribution in [1.29, 1.82) is 0 Å². The van der Waals surface area contributed by atoms with Crippen LogP contribution < -0.4 is 5.32 Å². The summed E-state index contributed by atoms with van der Waals surface area (Å²) in [7, 11) is 0. The molecule has 0 aromatic heterocycles. The number of hydrogen-bond acceptors (Lipinski definition) is 2. The van der Waals surface area contributed by atoms with Gasteiger partial charge in [0.1, 0.15) is 5.49 Å². The summed E-state index contributed by atoms with van der Waals surface area (Å²) in [5.41, 5.74) is 1.44. The predicted molar refractivity (Wildman–Crippen MR) is 26.8 cm³/mol. The molecule has 0 aliphatic rings. The van der Waals surface area contributed by atoms with Crippen LogP contribution in [0.3, 0.4) is 0 Å². The molecule has 0 unspecified atom stereocenters. The molecule has 1 radical (unpaired) electrons. The largest absolute Gasteiger partial charge is 0.471 e. The van der Waals surface area contributed by atoms with Crippen molar-refractivity contribution in [3.63, 3.8) is 0 Å². The van der Waals surface area contributed by atoms with E-state index in [1.54, 1.807) is 0 Å². The molecule has 0 aromatic carbocycles. The van der Waals surface area contributed by atoms with Gasteiger partial charge in [0.25, 0.3) is 0 Å². The fourth-order valence-electron chi connectivity index (χ4n) is 0.117. The number of thiocarbonyl (C=S) groups is 1. The summed E-state index contributed by atoms with van der Waals surface area (Å²) < 4.78 is 33.4. The molecule has 0 aliphatic heterocycles. The zero-order valence-electron chi connectivity index (χ0n) is 3.95. The lowest BCUT2D eigenvalue weighted by Crippen LogP contribution is -2.35. The molecule has 0 spiro atoms. The minimum Gasteiger partial charge on any atom is -0.307 e. The highest BCUT2D eigenvalue weighted by molar-refractivity contribution is 7.78. The lowest BCUT2D eigenvalue weighted by atomic mass is 10.6. The Balaban J connectivity index is 3.88. The minimum atomic E-state index is -4.87. The van der Waals surface area contributed by atoms with Gasteiger partial charge in [0.2, 0.25) is 0 Å². The van der Waals surface area contributed by atoms with E-state index >= 15 is 0 Å². The van der Waals surface area contributed by atoms with E-state index in [9.17, 15) is 18.0 Å². The molecule has 0 atom stereocenters. The van der Waals surface area contributed by atoms with Crippen molar-refractivity contribution in [3.05, 3.63) is 0 Å². The maximum absolute atomic E-state index is 11.1. The van der Waals surface area contributed by atoms with Crippen molar-refractivity contribution in [3.8, 4) is 0 Å². The Labute approximate surface area is 54.0 Å². The fraction of sp³-hybridized carbons (Fsp3) is 0.333. The lowest BCUT2D eigenvalue weighted by Gasteiger charge is -2.00. The molecule has 6 heteroatoms. The normalized spacial score (nSPS) is 10.6. The van der Waals surface area contributed by atoms with Gasteiger partial charge < -0.3 is 5.32 Å². The second-order valence-electron chi connectivity index (χ2n) is 1.05. The second-order valence-corrected chi connectivity index (χ2v) is 1.26. The van der Waals surface area contributed by atoms with Gasteiger partial charge in [-0.15, -0.1) is 0 Å². The number of rotatable bonds is 1. The molecule has 0 saturated heterocycles. The van der Waals surface area contributed by atoms with E-state index in [0.29, 0.717) is 0 Å². The highest BCUT2D eigenvalue weighted by Crippen LogP contribution is 2.13. The number of carbonyl (C=O) groups is 1. The molecule has 0 aromatic rings. The topological polar surface area (TPSA) is 29.1 Å². The summed E-state index contributed by atoms with van der Waals surface area (Å²) in [6.45, 7) is 0. The molecule has 9 heavy (non-hydrogen) atoms. The Morgan fingerprint density at radius 2 is 2.00 bits per heavy atom. The Morgan fingerprint density at radius 3 is 2.11 bits per heavy atom. The van der Waals surface area contributed by atoms with E-state index in [2.05, 4.69) is 12.2 Å². The van der Waals surface area contributed by atoms with E-state index < -0.39 is 12.1 Å². The van der Waals surface area contributed by atoms with Gasteiger partial charge in [-0.1, -0.05) is 12.2 Å². The van der Waals surface area contributed by atoms with Crippen LogP contribution in [-0.4, -0.2) is 17.6 Å². The first-order valence-electron chi connectivity index (χ1n) is 1.73. The molecular formula is C3HF3NOS. The molecule has 51 valence electrons. The van der Waals surface area contributed by atoms with Crippen LogP contribution in [0.1, 0.15) is 0 Å². The number of carbonyl (C=O) groups excluding carboxylic acids is 1. The van der Waals surface area contributed by atoms with Gasteiger partial charge in [0.15, 0.2) is 0 Å². The molecule has 2 nitrogen and oxygen atoms in total. The van der Waals surface area contributed by atoms with E-state index in [1.165, 1.54) is 10.8 Å². The molecule has 0 saturated carbocycles. The van der Waals surface area contributed by atoms with Crippen LogP contribution >= 0.6 is 12.2 Å². The quantitative estimate of drug-likeness (QED) is 0.442. The summed E-state index contributed by atoms with van der Waals surface area (Å²) in [5, 5.41) is 1.19. The average Bonchev–Trinajstić information content (AvgIpc) is 1.64. The summed E-state index contributed by atoms with van der Waals surface area (Å²) >= 11 is 3.82. The molecule has 1 amide bonds. The first kappa shape index (κ1) is 8.35. The van der Waals surface area contributed by atoms with Gasteiger partial charge in [0.05, 0.1) is 0 Å². The summed E-state index contributed by atoms with van der Waals surface area (Å²) in [6.07, 6.45) is -4.87. The first-order chi connectivity index (χ1) is 3.98. The van der Waals surface area contributed by atoms with Gasteiger partial charge in [0, 0.05) is 0 Å². The monoisotopic (exact) mass is 156 g/mol. The molecule has 1 N–H and O–H groups in total. The third-order valence-corrected chi connectivity index (χ3v) is 0.524. The molecule has 0 aliphatic carbocycles. The molecular weight excluding hydrogens is 155 g/mol. The predicted octanol–water partition coefficient (Wildman–Crippen LogP) is 0.499. The van der Waals surface area contributed by atoms with Gasteiger partial charge in [-0.2, -0.15) is 13.2 Å². The Hall–Kier alpha value is -0.650. The van der Waals surface area contributed by atoms with Crippen molar-refractivity contribution in [1.82, 2.24) is 5.32 Å². The molecule has 0 fully saturated rings. The van der Waals surface area contributed by atoms with Crippen molar-refractivity contribution >= 4 is 23.6 Å². The van der Waals surface area contributed by atoms with Gasteiger partial charge in [-0.05, 0) is 0 Å². The number of nitrogens with one attached hydrogen (secondary N) is 1. The van der Waals surface area contributed by atoms with E-state index in [1.807, 2.05) is 0 Å². The van der Waals surface area contributed by atoms with Crippen LogP contribution in [0.2, 0.25) is 0 Å². The van der Waals surface area contributed by atoms with Crippen LogP contribution in [0.4, 0.5) is 13.2 Å². The van der Waals surface area contributed by atoms with E-state index in [0.717, 1.165) is 0 Å². The second kappa shape index (κ2) is 2.77. The maximum atomic E-state index is 11.1. The number of halogens is 3. The van der Waals surface area contributed by atoms with E-state index in [-0.39, 0.29) is 0 Å². The Kier molecular flexibility index (Phi) is 2.57. The highest BCUT2D eigenvalue weighted by atomic mass is 32.1. The van der Waals surface area contributed by atoms with Crippen LogP contribution in [0.25, 0.3) is 0 Å². The molecule has 0 bridgehead atoms. The van der Waals surface area contributed by atoms with Crippen LogP contribution in [0.15, 0.2) is 0 Å². The maximum Gasteiger partial charge on any atom is 0.471 e. The standard InChI is InChI=1S/C3HF3NOS/c4-3(5,6)2(8)7-1-9/h(H,7,8,9). The lowest BCUT2D eigenvalue weighted by molar-refractivity contribution is -0.171. The summed E-state index contributed by atoms with van der Waals surface area (Å²) in [5.74, 6) is -2.10. The van der Waals surface area contributed by atoms with Gasteiger partial charge >= 0.3 is 12.1 Å². The van der Waals surface area contributed by atoms with E-state index in [4.69, 9.17) is 0 Å². The third kappa shape index (κ3) is 3.02. The first-order valence-corrected chi connectivity index (χ1v) is 2.13. The van der Waals surface area contributed by atoms with Crippen molar-refractivity contribution in [2.45, 2.75) is 6.18 Å². The van der Waals surface area contributed by atoms with Crippen molar-refractivity contribution < 1.29 is 18.0 Å². The van der Waals surface area contributed by atoms with Gasteiger partial charge in [-0.3, -0.25) is 4.79 Å². The summed E-state index contributed by atoms with van der Waals surface area (Å²) in [4.78, 5) is 9.70. The molecule has 0 heterocycles. The SMILES string of the molecule is O=C(N[C]=S)C(F)(F)F. The van der Waals surface area contributed by atoms with Crippen LogP contribution in [-0.2, 0) is 4.79 Å². The van der Waals surface area contributed by atoms with Crippen molar-refractivity contribution in [2.75, 3.05) is 0 Å². The van der Waals surface area contributed by atoms with Crippen molar-refractivity contribution in [2.24, 2.45) is 0 Å². The highest BCUT2D eigenvalue weighted by Gasteiger charge is 2.38. The fourth-order valence-corrected chi connectivity index (χ4v) is 0.210. The average molecular weight is 156 g/mol. The molecule has 0 rings (SSSR count). The number of amides is 1. The smallest absolute Gasteiger partial charge is 0.307 e. The Morgan fingerprint density at radius 1 is 1.56 bits per heavy atom. The third-order valence-electron chi connectivity index (χ3n) is 0.422. The van der Waals surface area contributed by atoms with Crippen LogP contribution in [0.5, 0.6) is 0 Å². The summed E-state index contributed by atoms with van der Waals surface area (Å²) in [6, 6.07) is 0. The zero-order valence-corrected chi connectivity index (χ0v) is 4.77. The number of hydrogen-bond donors (Lipinski definition) is 1. The minimum absolute atomic E-state index is 1.19. The number of alkyl halides is 3. The van der Waals surface area contributed by atoms with Crippen LogP contribution in [0, 0.1) is 0 Å². The van der Waals surface area contributed by atoms with Gasteiger partial charge in [-0.25, -0.2) is 0 Å².